The van der Waals surface area contributed by atoms with Crippen LogP contribution in [0.15, 0.2) is 59.7 Å². The molecule has 0 aliphatic carbocycles. The number of nitrogens with zero attached hydrogens (tertiary/aromatic N) is 1. The van der Waals surface area contributed by atoms with E-state index in [1.165, 1.54) is 19.4 Å². The Morgan fingerprint density at radius 3 is 2.52 bits per heavy atom. The number of ether oxygens (including phenoxy) is 2. The lowest BCUT2D eigenvalue weighted by Gasteiger charge is -2.09. The number of carbonyl (C=O) groups is 2. The standard InChI is InChI=1S/C21H19N3O5/c1-28-19-8-13(6-7-18(19)29-12-20(22)26)11-23-24-21(27)16-9-14-4-2-3-5-15(14)10-17(16)25/h2-11,25H,12H2,1H3,(H2,22,26)(H,24,27)/b23-11-. The van der Waals surface area contributed by atoms with Gasteiger partial charge in [0.15, 0.2) is 18.1 Å². The first-order valence-corrected chi connectivity index (χ1v) is 8.62. The second-order valence-corrected chi connectivity index (χ2v) is 6.08. The van der Waals surface area contributed by atoms with Crippen molar-refractivity contribution in [1.82, 2.24) is 5.43 Å². The molecule has 0 radical (unpaired) electrons. The van der Waals surface area contributed by atoms with Gasteiger partial charge in [0, 0.05) is 0 Å². The van der Waals surface area contributed by atoms with E-state index in [0.29, 0.717) is 17.1 Å². The number of methoxy groups -OCH3 is 1. The predicted octanol–water partition coefficient (Wildman–Crippen LogP) is 2.18. The van der Waals surface area contributed by atoms with Crippen molar-refractivity contribution in [3.63, 3.8) is 0 Å². The number of carbonyl (C=O) groups excluding carboxylic acids is 2. The predicted molar refractivity (Wildman–Crippen MR) is 108 cm³/mol. The third-order valence-corrected chi connectivity index (χ3v) is 4.05. The average molecular weight is 393 g/mol. The molecule has 3 rings (SSSR count). The molecule has 0 aromatic heterocycles. The van der Waals surface area contributed by atoms with Gasteiger partial charge in [0.2, 0.25) is 0 Å². The van der Waals surface area contributed by atoms with E-state index in [2.05, 4.69) is 10.5 Å². The molecule has 0 fully saturated rings. The zero-order valence-corrected chi connectivity index (χ0v) is 15.6. The molecule has 3 aromatic carbocycles. The number of phenolic OH excluding ortho intramolecular Hbond substituents is 1. The molecule has 0 unspecified atom stereocenters. The lowest BCUT2D eigenvalue weighted by molar-refractivity contribution is -0.119. The maximum Gasteiger partial charge on any atom is 0.275 e. The summed E-state index contributed by atoms with van der Waals surface area (Å²) in [5, 5.41) is 15.7. The van der Waals surface area contributed by atoms with Gasteiger partial charge < -0.3 is 20.3 Å². The van der Waals surface area contributed by atoms with Gasteiger partial charge in [0.1, 0.15) is 5.75 Å². The van der Waals surface area contributed by atoms with E-state index >= 15 is 0 Å². The highest BCUT2D eigenvalue weighted by Crippen LogP contribution is 2.27. The van der Waals surface area contributed by atoms with Crippen LogP contribution in [0.3, 0.4) is 0 Å². The van der Waals surface area contributed by atoms with E-state index in [9.17, 15) is 14.7 Å². The van der Waals surface area contributed by atoms with E-state index in [1.54, 1.807) is 24.3 Å². The van der Waals surface area contributed by atoms with Gasteiger partial charge in [-0.3, -0.25) is 9.59 Å². The zero-order chi connectivity index (χ0) is 20.8. The number of hydrogen-bond acceptors (Lipinski definition) is 6. The van der Waals surface area contributed by atoms with Crippen LogP contribution in [-0.2, 0) is 4.79 Å². The molecular formula is C21H19N3O5. The number of nitrogens with one attached hydrogen (secondary N) is 1. The molecule has 0 bridgehead atoms. The molecule has 0 aliphatic rings. The first-order valence-electron chi connectivity index (χ1n) is 8.62. The summed E-state index contributed by atoms with van der Waals surface area (Å²) < 4.78 is 10.5. The van der Waals surface area contributed by atoms with Crippen LogP contribution < -0.4 is 20.6 Å². The fraction of sp³-hybridized carbons (Fsp3) is 0.0952. The number of fused-ring (bicyclic) bond motifs is 1. The Kier molecular flexibility index (Phi) is 5.94. The maximum absolute atomic E-state index is 12.4. The molecule has 148 valence electrons. The van der Waals surface area contributed by atoms with E-state index in [4.69, 9.17) is 15.2 Å². The molecule has 0 heterocycles. The van der Waals surface area contributed by atoms with Crippen LogP contribution in [0.4, 0.5) is 0 Å². The van der Waals surface area contributed by atoms with Gasteiger partial charge in [-0.2, -0.15) is 5.10 Å². The highest BCUT2D eigenvalue weighted by molar-refractivity contribution is 6.01. The van der Waals surface area contributed by atoms with Crippen molar-refractivity contribution >= 4 is 28.8 Å². The van der Waals surface area contributed by atoms with Crippen LogP contribution in [0.1, 0.15) is 15.9 Å². The van der Waals surface area contributed by atoms with Crippen LogP contribution in [0.25, 0.3) is 10.8 Å². The Balaban J connectivity index is 1.71. The Labute approximate surface area is 166 Å². The summed E-state index contributed by atoms with van der Waals surface area (Å²) in [6.45, 7) is -0.269. The van der Waals surface area contributed by atoms with Gasteiger partial charge in [-0.05, 0) is 46.7 Å². The molecule has 0 saturated heterocycles. The summed E-state index contributed by atoms with van der Waals surface area (Å²) in [6.07, 6.45) is 1.41. The monoisotopic (exact) mass is 393 g/mol. The van der Waals surface area contributed by atoms with Crippen molar-refractivity contribution in [2.45, 2.75) is 0 Å². The first kappa shape index (κ1) is 19.7. The van der Waals surface area contributed by atoms with E-state index in [0.717, 1.165) is 10.8 Å². The van der Waals surface area contributed by atoms with Gasteiger partial charge >= 0.3 is 0 Å². The van der Waals surface area contributed by atoms with Gasteiger partial charge in [-0.25, -0.2) is 5.43 Å². The fourth-order valence-corrected chi connectivity index (χ4v) is 2.67. The van der Waals surface area contributed by atoms with Crippen molar-refractivity contribution < 1.29 is 24.2 Å². The van der Waals surface area contributed by atoms with Crippen molar-refractivity contribution in [1.29, 1.82) is 0 Å². The normalized spacial score (nSPS) is 10.8. The third-order valence-electron chi connectivity index (χ3n) is 4.05. The number of primary amides is 1. The van der Waals surface area contributed by atoms with Crippen molar-refractivity contribution in [2.75, 3.05) is 13.7 Å². The average Bonchev–Trinajstić information content (AvgIpc) is 2.71. The Bertz CT molecular complexity index is 1090. The number of amides is 2. The van der Waals surface area contributed by atoms with E-state index < -0.39 is 11.8 Å². The summed E-state index contributed by atoms with van der Waals surface area (Å²) in [7, 11) is 1.46. The minimum atomic E-state index is -0.600. The molecule has 2 amide bonds. The minimum absolute atomic E-state index is 0.119. The van der Waals surface area contributed by atoms with E-state index in [-0.39, 0.29) is 17.9 Å². The van der Waals surface area contributed by atoms with E-state index in [1.807, 2.05) is 24.3 Å². The topological polar surface area (TPSA) is 123 Å². The van der Waals surface area contributed by atoms with Crippen molar-refractivity contribution in [2.24, 2.45) is 10.8 Å². The summed E-state index contributed by atoms with van der Waals surface area (Å²) in [5.74, 6) is -0.536. The Morgan fingerprint density at radius 1 is 1.10 bits per heavy atom. The Morgan fingerprint density at radius 2 is 1.83 bits per heavy atom. The maximum atomic E-state index is 12.4. The zero-order valence-electron chi connectivity index (χ0n) is 15.6. The largest absolute Gasteiger partial charge is 0.507 e. The van der Waals surface area contributed by atoms with Gasteiger partial charge in [-0.1, -0.05) is 24.3 Å². The molecule has 3 aromatic rings. The van der Waals surface area contributed by atoms with Crippen molar-refractivity contribution in [3.05, 3.63) is 65.7 Å². The van der Waals surface area contributed by atoms with Crippen LogP contribution in [0.2, 0.25) is 0 Å². The number of benzene rings is 3. The summed E-state index contributed by atoms with van der Waals surface area (Å²) in [6, 6.07) is 15.4. The number of aromatic hydroxyl groups is 1. The van der Waals surface area contributed by atoms with Crippen molar-refractivity contribution in [3.8, 4) is 17.2 Å². The molecule has 4 N–H and O–H groups in total. The number of hydrazone groups is 1. The third kappa shape index (κ3) is 4.81. The highest BCUT2D eigenvalue weighted by Gasteiger charge is 2.12. The molecule has 0 spiro atoms. The molecule has 0 saturated carbocycles. The smallest absolute Gasteiger partial charge is 0.275 e. The molecule has 8 heteroatoms. The van der Waals surface area contributed by atoms with Crippen LogP contribution in [0.5, 0.6) is 17.2 Å². The van der Waals surface area contributed by atoms with Gasteiger partial charge in [0.25, 0.3) is 11.8 Å². The molecule has 0 atom stereocenters. The highest BCUT2D eigenvalue weighted by atomic mass is 16.5. The minimum Gasteiger partial charge on any atom is -0.507 e. The number of rotatable bonds is 7. The summed E-state index contributed by atoms with van der Waals surface area (Å²) >= 11 is 0. The molecule has 8 nitrogen and oxygen atoms in total. The number of hydrogen-bond donors (Lipinski definition) is 3. The van der Waals surface area contributed by atoms with Crippen LogP contribution in [0, 0.1) is 0 Å². The lowest BCUT2D eigenvalue weighted by atomic mass is 10.1. The fourth-order valence-electron chi connectivity index (χ4n) is 2.67. The lowest BCUT2D eigenvalue weighted by Crippen LogP contribution is -2.20. The molecular weight excluding hydrogens is 374 g/mol. The molecule has 29 heavy (non-hydrogen) atoms. The second kappa shape index (κ2) is 8.75. The summed E-state index contributed by atoms with van der Waals surface area (Å²) in [5.41, 5.74) is 8.18. The second-order valence-electron chi connectivity index (χ2n) is 6.08. The van der Waals surface area contributed by atoms with Crippen LogP contribution in [-0.4, -0.2) is 36.9 Å². The first-order chi connectivity index (χ1) is 14.0. The van der Waals surface area contributed by atoms with Gasteiger partial charge in [0.05, 0.1) is 18.9 Å². The molecule has 0 aliphatic heterocycles. The van der Waals surface area contributed by atoms with Gasteiger partial charge in [-0.15, -0.1) is 0 Å². The Hall–Kier alpha value is -4.07. The number of phenols is 1. The number of nitrogens with two attached hydrogens (primary N) is 1. The summed E-state index contributed by atoms with van der Waals surface area (Å²) in [4.78, 5) is 23.2. The quantitative estimate of drug-likeness (QED) is 0.419. The van der Waals surface area contributed by atoms with Crippen LogP contribution >= 0.6 is 0 Å². The SMILES string of the molecule is COc1cc(/C=N\NC(=O)c2cc3ccccc3cc2O)ccc1OCC(N)=O.